The van der Waals surface area contributed by atoms with Crippen molar-refractivity contribution in [2.75, 3.05) is 31.5 Å². The van der Waals surface area contributed by atoms with Crippen LogP contribution in [-0.4, -0.2) is 63.5 Å². The summed E-state index contributed by atoms with van der Waals surface area (Å²) in [5, 5.41) is 14.5. The van der Waals surface area contributed by atoms with Gasteiger partial charge in [-0.15, -0.1) is 0 Å². The molecule has 11 heteroatoms. The van der Waals surface area contributed by atoms with E-state index in [2.05, 4.69) is 10.3 Å². The third-order valence-corrected chi connectivity index (χ3v) is 8.26. The Morgan fingerprint density at radius 2 is 1.87 bits per heavy atom. The van der Waals surface area contributed by atoms with E-state index in [1.807, 2.05) is 13.0 Å². The van der Waals surface area contributed by atoms with Crippen LogP contribution < -0.4 is 10.9 Å². The van der Waals surface area contributed by atoms with Gasteiger partial charge in [0.1, 0.15) is 11.5 Å². The summed E-state index contributed by atoms with van der Waals surface area (Å²) in [6.07, 6.45) is 1.47. The molecule has 0 spiro atoms. The number of fused-ring (bicyclic) bond motifs is 2. The van der Waals surface area contributed by atoms with E-state index in [1.54, 1.807) is 22.8 Å². The number of H-pyrrole nitrogens is 1. The van der Waals surface area contributed by atoms with E-state index in [0.29, 0.717) is 54.3 Å². The summed E-state index contributed by atoms with van der Waals surface area (Å²) in [5.41, 5.74) is 0.580. The Balaban J connectivity index is 1.33. The van der Waals surface area contributed by atoms with Crippen molar-refractivity contribution >= 4 is 51.5 Å². The van der Waals surface area contributed by atoms with Gasteiger partial charge in [0.25, 0.3) is 11.5 Å². The molecule has 39 heavy (non-hydrogen) atoms. The van der Waals surface area contributed by atoms with Crippen LogP contribution in [0.15, 0.2) is 35.1 Å². The highest BCUT2D eigenvalue weighted by molar-refractivity contribution is 6.35. The van der Waals surface area contributed by atoms with E-state index < -0.39 is 17.0 Å². The number of carbonyl (C=O) groups is 2. The molecule has 0 saturated carbocycles. The highest BCUT2D eigenvalue weighted by Crippen LogP contribution is 2.37. The second-order valence-electron chi connectivity index (χ2n) is 10.5. The quantitative estimate of drug-likeness (QED) is 0.425. The fourth-order valence-corrected chi connectivity index (χ4v) is 6.11. The van der Waals surface area contributed by atoms with Crippen LogP contribution in [0.1, 0.15) is 54.3 Å². The Morgan fingerprint density at radius 3 is 2.59 bits per heavy atom. The molecule has 3 heterocycles. The first-order chi connectivity index (χ1) is 18.4. The summed E-state index contributed by atoms with van der Waals surface area (Å²) < 4.78 is 14.9. The minimum Gasteiger partial charge on any atom is -0.390 e. The molecule has 8 nitrogen and oxygen atoms in total. The van der Waals surface area contributed by atoms with Gasteiger partial charge in [0.05, 0.1) is 29.3 Å². The summed E-state index contributed by atoms with van der Waals surface area (Å²) in [7, 11) is 0. The number of pyridine rings is 1. The van der Waals surface area contributed by atoms with Crippen LogP contribution in [0.5, 0.6) is 0 Å². The Bertz CT molecular complexity index is 1530. The number of anilines is 1. The number of hydrogen-bond donors (Lipinski definition) is 3. The lowest BCUT2D eigenvalue weighted by Gasteiger charge is -2.36. The van der Waals surface area contributed by atoms with Crippen molar-refractivity contribution in [3.63, 3.8) is 0 Å². The molecule has 5 rings (SSSR count). The van der Waals surface area contributed by atoms with Crippen molar-refractivity contribution < 1.29 is 19.1 Å². The molecular formula is C28H29Cl2FN4O4. The van der Waals surface area contributed by atoms with Gasteiger partial charge >= 0.3 is 0 Å². The molecule has 1 fully saturated rings. The van der Waals surface area contributed by atoms with Crippen molar-refractivity contribution in [1.29, 1.82) is 0 Å². The Kier molecular flexibility index (Phi) is 7.35. The van der Waals surface area contributed by atoms with E-state index >= 15 is 0 Å². The van der Waals surface area contributed by atoms with Gasteiger partial charge in [0, 0.05) is 29.7 Å². The standard InChI is InChI=1S/C28H29Cl2FN4O4/c1-15-25-16(9-18(29)12-20(25)30)3-6-35(15)24(36)14-32-22-10-17-11-23(33-26(37)19(17)13-21(22)31)27(38)34-7-4-28(2,39)5-8-34/h9-13,15,32,39H,3-8,14H2,1-2H3,(H,33,37). The van der Waals surface area contributed by atoms with Gasteiger partial charge in [-0.05, 0) is 80.0 Å². The lowest BCUT2D eigenvalue weighted by Crippen LogP contribution is -2.45. The monoisotopic (exact) mass is 574 g/mol. The Morgan fingerprint density at radius 1 is 1.15 bits per heavy atom. The zero-order valence-electron chi connectivity index (χ0n) is 21.6. The van der Waals surface area contributed by atoms with Crippen LogP contribution in [0.2, 0.25) is 10.0 Å². The number of halogens is 3. The first-order valence-corrected chi connectivity index (χ1v) is 13.6. The highest BCUT2D eigenvalue weighted by atomic mass is 35.5. The summed E-state index contributed by atoms with van der Waals surface area (Å²) in [4.78, 5) is 44.6. The number of nitrogens with one attached hydrogen (secondary N) is 2. The molecular weight excluding hydrogens is 546 g/mol. The van der Waals surface area contributed by atoms with E-state index in [9.17, 15) is 23.9 Å². The minimum absolute atomic E-state index is 0.0451. The highest BCUT2D eigenvalue weighted by Gasteiger charge is 2.31. The molecule has 0 bridgehead atoms. The van der Waals surface area contributed by atoms with Crippen molar-refractivity contribution in [3.05, 3.63) is 73.4 Å². The van der Waals surface area contributed by atoms with Crippen molar-refractivity contribution in [2.24, 2.45) is 0 Å². The molecule has 1 unspecified atom stereocenters. The molecule has 0 radical (unpaired) electrons. The third-order valence-electron chi connectivity index (χ3n) is 7.73. The zero-order valence-corrected chi connectivity index (χ0v) is 23.1. The van der Waals surface area contributed by atoms with E-state index in [0.717, 1.165) is 17.2 Å². The average Bonchev–Trinajstić information content (AvgIpc) is 2.87. The summed E-state index contributed by atoms with van der Waals surface area (Å²) in [6, 6.07) is 7.27. The van der Waals surface area contributed by atoms with Gasteiger partial charge in [-0.3, -0.25) is 14.4 Å². The number of benzene rings is 2. The number of rotatable bonds is 4. The van der Waals surface area contributed by atoms with Gasteiger partial charge in [0.15, 0.2) is 0 Å². The van der Waals surface area contributed by atoms with Crippen LogP contribution in [0, 0.1) is 5.82 Å². The fourth-order valence-electron chi connectivity index (χ4n) is 5.42. The second-order valence-corrected chi connectivity index (χ2v) is 11.4. The van der Waals surface area contributed by atoms with Crippen LogP contribution in [0.4, 0.5) is 10.1 Å². The Labute approximate surface area is 234 Å². The van der Waals surface area contributed by atoms with Gasteiger partial charge in [-0.1, -0.05) is 23.2 Å². The van der Waals surface area contributed by atoms with Crippen LogP contribution in [0.25, 0.3) is 10.8 Å². The molecule has 1 saturated heterocycles. The lowest BCUT2D eigenvalue weighted by molar-refractivity contribution is -0.131. The van der Waals surface area contributed by atoms with Gasteiger partial charge in [-0.2, -0.15) is 0 Å². The number of hydrogen-bond acceptors (Lipinski definition) is 5. The van der Waals surface area contributed by atoms with Crippen molar-refractivity contribution in [2.45, 2.75) is 44.8 Å². The predicted octanol–water partition coefficient (Wildman–Crippen LogP) is 4.52. The molecule has 2 aliphatic rings. The first kappa shape index (κ1) is 27.4. The largest absolute Gasteiger partial charge is 0.390 e. The molecule has 2 amide bonds. The number of carbonyl (C=O) groups excluding carboxylic acids is 2. The maximum atomic E-state index is 14.9. The third kappa shape index (κ3) is 5.48. The van der Waals surface area contributed by atoms with Crippen molar-refractivity contribution in [3.8, 4) is 0 Å². The number of aliphatic hydroxyl groups is 1. The number of amides is 2. The van der Waals surface area contributed by atoms with E-state index in [-0.39, 0.29) is 41.2 Å². The summed E-state index contributed by atoms with van der Waals surface area (Å²) >= 11 is 12.5. The van der Waals surface area contributed by atoms with Crippen LogP contribution in [0.3, 0.4) is 0 Å². The Hall–Kier alpha value is -3.14. The lowest BCUT2D eigenvalue weighted by atomic mass is 9.93. The first-order valence-electron chi connectivity index (χ1n) is 12.8. The topological polar surface area (TPSA) is 106 Å². The second kappa shape index (κ2) is 10.4. The fraction of sp³-hybridized carbons (Fsp3) is 0.393. The maximum absolute atomic E-state index is 14.9. The molecule has 3 N–H and O–H groups in total. The maximum Gasteiger partial charge on any atom is 0.270 e. The SMILES string of the molecule is CC1c2c(Cl)cc(Cl)cc2CCN1C(=O)CNc1cc2cc(C(=O)N3CCC(C)(O)CC3)[nH]c(=O)c2cc1F. The van der Waals surface area contributed by atoms with E-state index in [4.69, 9.17) is 23.2 Å². The number of aromatic nitrogens is 1. The normalized spacial score (nSPS) is 18.7. The summed E-state index contributed by atoms with van der Waals surface area (Å²) in [6.45, 7) is 4.65. The van der Waals surface area contributed by atoms with Gasteiger partial charge < -0.3 is 25.2 Å². The van der Waals surface area contributed by atoms with Gasteiger partial charge in [-0.25, -0.2) is 4.39 Å². The van der Waals surface area contributed by atoms with Gasteiger partial charge in [0.2, 0.25) is 5.91 Å². The molecule has 1 aromatic heterocycles. The molecule has 1 atom stereocenters. The molecule has 0 aliphatic carbocycles. The zero-order chi connectivity index (χ0) is 28.1. The number of piperidine rings is 1. The number of nitrogens with zero attached hydrogens (tertiary/aromatic N) is 2. The average molecular weight is 575 g/mol. The molecule has 3 aromatic rings. The molecule has 2 aromatic carbocycles. The number of aromatic amines is 1. The van der Waals surface area contributed by atoms with Crippen molar-refractivity contribution in [1.82, 2.24) is 14.8 Å². The smallest absolute Gasteiger partial charge is 0.270 e. The molecule has 2 aliphatic heterocycles. The summed E-state index contributed by atoms with van der Waals surface area (Å²) in [5.74, 6) is -1.29. The molecule has 206 valence electrons. The minimum atomic E-state index is -0.821. The van der Waals surface area contributed by atoms with Crippen LogP contribution >= 0.6 is 23.2 Å². The predicted molar refractivity (Wildman–Crippen MR) is 149 cm³/mol. The number of likely N-dealkylation sites (tertiary alicyclic amines) is 1. The van der Waals surface area contributed by atoms with Crippen LogP contribution in [-0.2, 0) is 11.2 Å². The van der Waals surface area contributed by atoms with E-state index in [1.165, 1.54) is 12.1 Å².